The topological polar surface area (TPSA) is 29.3 Å². The molecule has 2 nitrogen and oxygen atoms in total. The van der Waals surface area contributed by atoms with Crippen molar-refractivity contribution in [3.8, 4) is 0 Å². The molecule has 18 heavy (non-hydrogen) atoms. The first kappa shape index (κ1) is 13.6. The van der Waals surface area contributed by atoms with Gasteiger partial charge in [-0.25, -0.2) is 0 Å². The summed E-state index contributed by atoms with van der Waals surface area (Å²) in [7, 11) is 0. The van der Waals surface area contributed by atoms with Crippen molar-refractivity contribution in [2.24, 2.45) is 11.7 Å². The average molecular weight is 246 g/mol. The number of hydrogen-bond acceptors (Lipinski definition) is 2. The number of hydrogen-bond donors (Lipinski definition) is 1. The number of benzene rings is 1. The normalized spacial score (nSPS) is 25.2. The van der Waals surface area contributed by atoms with Crippen LogP contribution in [0.15, 0.2) is 30.3 Å². The van der Waals surface area contributed by atoms with E-state index in [-0.39, 0.29) is 0 Å². The highest BCUT2D eigenvalue weighted by Gasteiger charge is 2.25. The quantitative estimate of drug-likeness (QED) is 0.865. The largest absolute Gasteiger partial charge is 0.327 e. The van der Waals surface area contributed by atoms with Crippen LogP contribution in [-0.2, 0) is 6.54 Å². The molecule has 2 heteroatoms. The Morgan fingerprint density at radius 2 is 2.06 bits per heavy atom. The Bertz CT molecular complexity index is 336. The second-order valence-electron chi connectivity index (χ2n) is 5.58. The zero-order valence-corrected chi connectivity index (χ0v) is 11.5. The van der Waals surface area contributed by atoms with E-state index in [1.165, 1.54) is 31.4 Å². The molecule has 1 saturated heterocycles. The molecule has 1 heterocycles. The summed E-state index contributed by atoms with van der Waals surface area (Å²) in [5.74, 6) is 0.697. The third kappa shape index (κ3) is 3.82. The van der Waals surface area contributed by atoms with Gasteiger partial charge in [0.2, 0.25) is 0 Å². The number of piperidine rings is 1. The molecule has 0 radical (unpaired) electrons. The Morgan fingerprint density at radius 3 is 2.78 bits per heavy atom. The van der Waals surface area contributed by atoms with Crippen LogP contribution in [-0.4, -0.2) is 24.0 Å². The fraction of sp³-hybridized carbons (Fsp3) is 0.625. The monoisotopic (exact) mass is 246 g/mol. The van der Waals surface area contributed by atoms with Crippen molar-refractivity contribution in [3.05, 3.63) is 35.9 Å². The number of likely N-dealkylation sites (tertiary alicyclic amines) is 1. The summed E-state index contributed by atoms with van der Waals surface area (Å²) < 4.78 is 0. The molecule has 0 amide bonds. The first-order valence-electron chi connectivity index (χ1n) is 7.31. The van der Waals surface area contributed by atoms with Crippen LogP contribution in [0.3, 0.4) is 0 Å². The molecule has 2 rings (SSSR count). The molecule has 0 aliphatic carbocycles. The van der Waals surface area contributed by atoms with Crippen molar-refractivity contribution in [1.82, 2.24) is 4.90 Å². The number of rotatable bonds is 5. The molecule has 1 aromatic carbocycles. The molecule has 2 N–H and O–H groups in total. The molecule has 1 aromatic rings. The molecule has 0 aromatic heterocycles. The van der Waals surface area contributed by atoms with Gasteiger partial charge in [0.15, 0.2) is 0 Å². The standard InChI is InChI=1S/C16H26N2/c1-2-3-9-15-13-18(11-10-16(15)17)12-14-7-5-4-6-8-14/h4-8,15-16H,2-3,9-13,17H2,1H3/t15-,16+/m1/s1. The minimum absolute atomic E-state index is 0.420. The first-order valence-corrected chi connectivity index (χ1v) is 7.31. The fourth-order valence-electron chi connectivity index (χ4n) is 2.88. The lowest BCUT2D eigenvalue weighted by atomic mass is 9.88. The summed E-state index contributed by atoms with van der Waals surface area (Å²) in [4.78, 5) is 2.57. The molecular weight excluding hydrogens is 220 g/mol. The molecule has 0 spiro atoms. The van der Waals surface area contributed by atoms with Crippen LogP contribution in [0.2, 0.25) is 0 Å². The van der Waals surface area contributed by atoms with Crippen molar-refractivity contribution in [1.29, 1.82) is 0 Å². The van der Waals surface area contributed by atoms with Crippen LogP contribution in [0.5, 0.6) is 0 Å². The van der Waals surface area contributed by atoms with Gasteiger partial charge in [-0.1, -0.05) is 50.1 Å². The third-order valence-corrected chi connectivity index (χ3v) is 4.05. The van der Waals surface area contributed by atoms with Crippen LogP contribution < -0.4 is 5.73 Å². The minimum Gasteiger partial charge on any atom is -0.327 e. The maximum Gasteiger partial charge on any atom is 0.0233 e. The highest BCUT2D eigenvalue weighted by molar-refractivity contribution is 5.14. The summed E-state index contributed by atoms with van der Waals surface area (Å²) in [5.41, 5.74) is 7.67. The van der Waals surface area contributed by atoms with E-state index in [1.807, 2.05) is 0 Å². The third-order valence-electron chi connectivity index (χ3n) is 4.05. The van der Waals surface area contributed by atoms with E-state index in [4.69, 9.17) is 5.73 Å². The van der Waals surface area contributed by atoms with E-state index < -0.39 is 0 Å². The van der Waals surface area contributed by atoms with Gasteiger partial charge in [0.25, 0.3) is 0 Å². The van der Waals surface area contributed by atoms with Crippen LogP contribution in [0.1, 0.15) is 38.2 Å². The van der Waals surface area contributed by atoms with Crippen molar-refractivity contribution in [2.75, 3.05) is 13.1 Å². The van der Waals surface area contributed by atoms with Crippen LogP contribution in [0.4, 0.5) is 0 Å². The second-order valence-corrected chi connectivity index (χ2v) is 5.58. The van der Waals surface area contributed by atoms with Crippen molar-refractivity contribution in [3.63, 3.8) is 0 Å². The van der Waals surface area contributed by atoms with Gasteiger partial charge in [-0.05, 0) is 30.9 Å². The molecule has 0 unspecified atom stereocenters. The highest BCUT2D eigenvalue weighted by atomic mass is 15.1. The summed E-state index contributed by atoms with van der Waals surface area (Å²) in [6, 6.07) is 11.2. The maximum absolute atomic E-state index is 6.25. The van der Waals surface area contributed by atoms with Gasteiger partial charge in [0.05, 0.1) is 0 Å². The Kier molecular flexibility index (Phi) is 5.21. The van der Waals surface area contributed by atoms with Crippen LogP contribution >= 0.6 is 0 Å². The lowest BCUT2D eigenvalue weighted by Gasteiger charge is -2.37. The zero-order valence-electron chi connectivity index (χ0n) is 11.5. The first-order chi connectivity index (χ1) is 8.79. The average Bonchev–Trinajstić information content (AvgIpc) is 2.40. The second kappa shape index (κ2) is 6.91. The minimum atomic E-state index is 0.420. The predicted molar refractivity (Wildman–Crippen MR) is 77.3 cm³/mol. The lowest BCUT2D eigenvalue weighted by Crippen LogP contribution is -2.46. The molecule has 1 aliphatic heterocycles. The van der Waals surface area contributed by atoms with E-state index in [9.17, 15) is 0 Å². The molecular formula is C16H26N2. The highest BCUT2D eigenvalue weighted by Crippen LogP contribution is 2.22. The summed E-state index contributed by atoms with van der Waals surface area (Å²) in [5, 5.41) is 0. The van der Waals surface area contributed by atoms with Gasteiger partial charge in [-0.3, -0.25) is 4.90 Å². The molecule has 0 bridgehead atoms. The summed E-state index contributed by atoms with van der Waals surface area (Å²) >= 11 is 0. The van der Waals surface area contributed by atoms with Gasteiger partial charge in [-0.15, -0.1) is 0 Å². The Labute approximate surface area is 111 Å². The molecule has 1 fully saturated rings. The lowest BCUT2D eigenvalue weighted by molar-refractivity contribution is 0.141. The SMILES string of the molecule is CCCC[C@@H]1CN(Cc2ccccc2)CC[C@@H]1N. The van der Waals surface area contributed by atoms with Gasteiger partial charge >= 0.3 is 0 Å². The zero-order chi connectivity index (χ0) is 12.8. The molecule has 100 valence electrons. The number of unbranched alkanes of at least 4 members (excludes halogenated alkanes) is 1. The number of nitrogens with two attached hydrogens (primary N) is 1. The predicted octanol–water partition coefficient (Wildman–Crippen LogP) is 3.03. The Hall–Kier alpha value is -0.860. The van der Waals surface area contributed by atoms with Crippen LogP contribution in [0.25, 0.3) is 0 Å². The Morgan fingerprint density at radius 1 is 1.28 bits per heavy atom. The van der Waals surface area contributed by atoms with Crippen molar-refractivity contribution >= 4 is 0 Å². The van der Waals surface area contributed by atoms with E-state index in [2.05, 4.69) is 42.2 Å². The van der Waals surface area contributed by atoms with E-state index in [0.29, 0.717) is 12.0 Å². The summed E-state index contributed by atoms with van der Waals surface area (Å²) in [6.45, 7) is 5.67. The maximum atomic E-state index is 6.25. The van der Waals surface area contributed by atoms with Crippen molar-refractivity contribution in [2.45, 2.75) is 45.2 Å². The van der Waals surface area contributed by atoms with E-state index >= 15 is 0 Å². The molecule has 1 aliphatic rings. The summed E-state index contributed by atoms with van der Waals surface area (Å²) in [6.07, 6.45) is 5.05. The molecule has 0 saturated carbocycles. The van der Waals surface area contributed by atoms with E-state index in [0.717, 1.165) is 19.5 Å². The Balaban J connectivity index is 1.87. The van der Waals surface area contributed by atoms with Crippen molar-refractivity contribution < 1.29 is 0 Å². The van der Waals surface area contributed by atoms with E-state index in [1.54, 1.807) is 0 Å². The van der Waals surface area contributed by atoms with Crippen LogP contribution in [0, 0.1) is 5.92 Å². The van der Waals surface area contributed by atoms with Gasteiger partial charge in [-0.2, -0.15) is 0 Å². The van der Waals surface area contributed by atoms with Gasteiger partial charge < -0.3 is 5.73 Å². The number of nitrogens with zero attached hydrogens (tertiary/aromatic N) is 1. The smallest absolute Gasteiger partial charge is 0.0233 e. The van der Waals surface area contributed by atoms with Gasteiger partial charge in [0, 0.05) is 19.1 Å². The fourth-order valence-corrected chi connectivity index (χ4v) is 2.88. The van der Waals surface area contributed by atoms with Gasteiger partial charge in [0.1, 0.15) is 0 Å². The molecule has 2 atom stereocenters.